The number of nitrogens with zero attached hydrogens (tertiary/aromatic N) is 2. The highest BCUT2D eigenvalue weighted by Gasteiger charge is 2.26. The zero-order chi connectivity index (χ0) is 26.6. The van der Waals surface area contributed by atoms with E-state index >= 15 is 0 Å². The maximum absolute atomic E-state index is 13.5. The van der Waals surface area contributed by atoms with Crippen LogP contribution in [-0.4, -0.2) is 32.0 Å². The SMILES string of the molecule is CCCN(CCC)c1ccc(C=C2CC(CC)CC(=Cc3ccc(N(CCC)CCC)cc3)C2=O)cc1. The molecule has 0 aliphatic heterocycles. The molecular formula is C34H48N2O. The summed E-state index contributed by atoms with van der Waals surface area (Å²) in [5.74, 6) is 0.734. The van der Waals surface area contributed by atoms with E-state index < -0.39 is 0 Å². The van der Waals surface area contributed by atoms with Crippen LogP contribution < -0.4 is 9.80 Å². The Balaban J connectivity index is 1.81. The number of hydrogen-bond donors (Lipinski definition) is 0. The van der Waals surface area contributed by atoms with Gasteiger partial charge in [0.05, 0.1) is 0 Å². The lowest BCUT2D eigenvalue weighted by Gasteiger charge is -2.26. The highest BCUT2D eigenvalue weighted by molar-refractivity contribution is 6.14. The normalized spacial score (nSPS) is 18.0. The van der Waals surface area contributed by atoms with Gasteiger partial charge < -0.3 is 9.80 Å². The molecule has 0 atom stereocenters. The smallest absolute Gasteiger partial charge is 0.185 e. The maximum Gasteiger partial charge on any atom is 0.185 e. The van der Waals surface area contributed by atoms with Crippen molar-refractivity contribution >= 4 is 29.3 Å². The number of allylic oxidation sites excluding steroid dienone is 2. The van der Waals surface area contributed by atoms with Crippen molar-refractivity contribution in [2.24, 2.45) is 5.92 Å². The van der Waals surface area contributed by atoms with Crippen LogP contribution in [0.15, 0.2) is 59.7 Å². The fourth-order valence-corrected chi connectivity index (χ4v) is 5.41. The topological polar surface area (TPSA) is 23.6 Å². The molecule has 0 unspecified atom stereocenters. The fourth-order valence-electron chi connectivity index (χ4n) is 5.41. The number of benzene rings is 2. The second kappa shape index (κ2) is 14.8. The molecule has 0 saturated heterocycles. The van der Waals surface area contributed by atoms with Crippen LogP contribution in [0.4, 0.5) is 11.4 Å². The maximum atomic E-state index is 13.5. The zero-order valence-electron chi connectivity index (χ0n) is 23.9. The summed E-state index contributed by atoms with van der Waals surface area (Å²) in [5.41, 5.74) is 6.68. The molecule has 37 heavy (non-hydrogen) atoms. The van der Waals surface area contributed by atoms with E-state index in [-0.39, 0.29) is 5.78 Å². The predicted molar refractivity (Wildman–Crippen MR) is 162 cm³/mol. The minimum Gasteiger partial charge on any atom is -0.372 e. The van der Waals surface area contributed by atoms with E-state index in [2.05, 4.69) is 105 Å². The summed E-state index contributed by atoms with van der Waals surface area (Å²) in [4.78, 5) is 18.4. The average Bonchev–Trinajstić information content (AvgIpc) is 2.91. The number of hydrogen-bond acceptors (Lipinski definition) is 3. The van der Waals surface area contributed by atoms with Gasteiger partial charge in [-0.15, -0.1) is 0 Å². The van der Waals surface area contributed by atoms with Crippen LogP contribution in [0.1, 0.15) is 90.7 Å². The van der Waals surface area contributed by atoms with E-state index in [1.54, 1.807) is 0 Å². The molecule has 1 aliphatic rings. The monoisotopic (exact) mass is 500 g/mol. The van der Waals surface area contributed by atoms with Gasteiger partial charge in [-0.05, 0) is 92.0 Å². The predicted octanol–water partition coefficient (Wildman–Crippen LogP) is 8.80. The van der Waals surface area contributed by atoms with E-state index in [4.69, 9.17) is 0 Å². The lowest BCUT2D eigenvalue weighted by molar-refractivity contribution is -0.113. The lowest BCUT2D eigenvalue weighted by atomic mass is 9.78. The molecule has 0 N–H and O–H groups in total. The molecular weight excluding hydrogens is 452 g/mol. The Hall–Kier alpha value is -2.81. The van der Waals surface area contributed by atoms with Gasteiger partial charge in [-0.1, -0.05) is 65.3 Å². The molecule has 0 aromatic heterocycles. The molecule has 0 bridgehead atoms. The van der Waals surface area contributed by atoms with Crippen molar-refractivity contribution in [1.29, 1.82) is 0 Å². The number of carbonyl (C=O) groups is 1. The van der Waals surface area contributed by atoms with Crippen LogP contribution in [0.3, 0.4) is 0 Å². The van der Waals surface area contributed by atoms with E-state index in [0.29, 0.717) is 5.92 Å². The summed E-state index contributed by atoms with van der Waals surface area (Å²) in [5, 5.41) is 0. The molecule has 0 radical (unpaired) electrons. The third-order valence-electron chi connectivity index (χ3n) is 7.35. The van der Waals surface area contributed by atoms with Gasteiger partial charge in [0.15, 0.2) is 5.78 Å². The van der Waals surface area contributed by atoms with Crippen LogP contribution >= 0.6 is 0 Å². The van der Waals surface area contributed by atoms with Crippen molar-refractivity contribution in [2.45, 2.75) is 79.6 Å². The van der Waals surface area contributed by atoms with Crippen molar-refractivity contribution in [3.05, 3.63) is 70.8 Å². The van der Waals surface area contributed by atoms with Crippen LogP contribution in [0, 0.1) is 5.92 Å². The van der Waals surface area contributed by atoms with Gasteiger partial charge in [0.1, 0.15) is 0 Å². The first-order valence-electron chi connectivity index (χ1n) is 14.7. The van der Waals surface area contributed by atoms with Gasteiger partial charge in [0.2, 0.25) is 0 Å². The first-order valence-corrected chi connectivity index (χ1v) is 14.7. The van der Waals surface area contributed by atoms with Crippen molar-refractivity contribution in [2.75, 3.05) is 36.0 Å². The molecule has 2 aromatic carbocycles. The third kappa shape index (κ3) is 8.09. The summed E-state index contributed by atoms with van der Waals surface area (Å²) in [6.45, 7) is 15.5. The second-order valence-corrected chi connectivity index (χ2v) is 10.5. The van der Waals surface area contributed by atoms with Crippen LogP contribution in [0.5, 0.6) is 0 Å². The Morgan fingerprint density at radius 2 is 0.973 bits per heavy atom. The number of rotatable bonds is 13. The Morgan fingerprint density at radius 3 is 1.27 bits per heavy atom. The second-order valence-electron chi connectivity index (χ2n) is 10.5. The standard InChI is InChI=1S/C34H48N2O/c1-6-19-35(20-7-2)32-15-11-28(12-16-32)25-30-23-27(10-5)24-31(34(30)37)26-29-13-17-33(18-14-29)36(21-8-3)22-9-4/h11-18,25-27H,6-10,19-24H2,1-5H3. The summed E-state index contributed by atoms with van der Waals surface area (Å²) in [6, 6.07) is 17.5. The van der Waals surface area contributed by atoms with Crippen molar-refractivity contribution < 1.29 is 4.79 Å². The summed E-state index contributed by atoms with van der Waals surface area (Å²) in [7, 11) is 0. The Labute approximate surface area is 226 Å². The third-order valence-corrected chi connectivity index (χ3v) is 7.35. The number of Topliss-reactive ketones (excluding diaryl/α,β-unsaturated/α-hetero) is 1. The Morgan fingerprint density at radius 1 is 0.622 bits per heavy atom. The molecule has 0 spiro atoms. The highest BCUT2D eigenvalue weighted by atomic mass is 16.1. The molecule has 1 aliphatic carbocycles. The number of carbonyl (C=O) groups excluding carboxylic acids is 1. The van der Waals surface area contributed by atoms with Gasteiger partial charge in [0, 0.05) is 48.7 Å². The minimum atomic E-state index is 0.218. The first kappa shape index (κ1) is 28.8. The number of anilines is 2. The van der Waals surface area contributed by atoms with Crippen molar-refractivity contribution in [1.82, 2.24) is 0 Å². The molecule has 0 heterocycles. The molecule has 200 valence electrons. The average molecular weight is 501 g/mol. The molecule has 2 aromatic rings. The van der Waals surface area contributed by atoms with Crippen LogP contribution in [0.2, 0.25) is 0 Å². The summed E-state index contributed by atoms with van der Waals surface area (Å²) < 4.78 is 0. The molecule has 1 saturated carbocycles. The fraction of sp³-hybridized carbons (Fsp3) is 0.500. The van der Waals surface area contributed by atoms with E-state index in [0.717, 1.165) is 93.4 Å². The van der Waals surface area contributed by atoms with E-state index in [1.165, 1.54) is 11.4 Å². The highest BCUT2D eigenvalue weighted by Crippen LogP contribution is 2.34. The first-order chi connectivity index (χ1) is 18.0. The van der Waals surface area contributed by atoms with Gasteiger partial charge in [-0.25, -0.2) is 0 Å². The summed E-state index contributed by atoms with van der Waals surface area (Å²) in [6.07, 6.45) is 11.7. The van der Waals surface area contributed by atoms with Gasteiger partial charge >= 0.3 is 0 Å². The molecule has 3 nitrogen and oxygen atoms in total. The van der Waals surface area contributed by atoms with E-state index in [9.17, 15) is 4.79 Å². The number of ketones is 1. The van der Waals surface area contributed by atoms with Crippen molar-refractivity contribution in [3.8, 4) is 0 Å². The van der Waals surface area contributed by atoms with Crippen LogP contribution in [0.25, 0.3) is 12.2 Å². The van der Waals surface area contributed by atoms with Gasteiger partial charge in [-0.2, -0.15) is 0 Å². The minimum absolute atomic E-state index is 0.218. The Kier molecular flexibility index (Phi) is 11.5. The van der Waals surface area contributed by atoms with Crippen LogP contribution in [-0.2, 0) is 4.79 Å². The molecule has 0 amide bonds. The van der Waals surface area contributed by atoms with Gasteiger partial charge in [-0.3, -0.25) is 4.79 Å². The van der Waals surface area contributed by atoms with Gasteiger partial charge in [0.25, 0.3) is 0 Å². The molecule has 3 heteroatoms. The largest absolute Gasteiger partial charge is 0.372 e. The molecule has 3 rings (SSSR count). The zero-order valence-corrected chi connectivity index (χ0v) is 23.9. The Bertz CT molecular complexity index is 939. The van der Waals surface area contributed by atoms with E-state index in [1.807, 2.05) is 0 Å². The molecule has 1 fully saturated rings. The summed E-state index contributed by atoms with van der Waals surface area (Å²) >= 11 is 0. The van der Waals surface area contributed by atoms with Crippen molar-refractivity contribution in [3.63, 3.8) is 0 Å². The lowest BCUT2D eigenvalue weighted by Crippen LogP contribution is -2.24. The quantitative estimate of drug-likeness (QED) is 0.257.